The van der Waals surface area contributed by atoms with Crippen LogP contribution < -0.4 is 11.1 Å². The van der Waals surface area contributed by atoms with Crippen LogP contribution in [0.4, 0.5) is 5.82 Å². The van der Waals surface area contributed by atoms with E-state index in [0.29, 0.717) is 11.5 Å². The molecule has 1 aromatic rings. The number of nitrogens with zero attached hydrogens (tertiary/aromatic N) is 3. The molecule has 1 atom stereocenters. The molecule has 1 aromatic heterocycles. The van der Waals surface area contributed by atoms with E-state index in [1.807, 2.05) is 0 Å². The van der Waals surface area contributed by atoms with Gasteiger partial charge in [0.25, 0.3) is 0 Å². The lowest BCUT2D eigenvalue weighted by Gasteiger charge is -2.22. The molecule has 0 aromatic carbocycles. The van der Waals surface area contributed by atoms with Crippen molar-refractivity contribution in [3.05, 3.63) is 12.0 Å². The number of rotatable bonds is 11. The van der Waals surface area contributed by atoms with Crippen molar-refractivity contribution >= 4 is 42.9 Å². The van der Waals surface area contributed by atoms with Gasteiger partial charge in [-0.05, 0) is 41.5 Å². The van der Waals surface area contributed by atoms with Gasteiger partial charge in [-0.2, -0.15) is 4.99 Å². The Balaban J connectivity index is 1.94. The van der Waals surface area contributed by atoms with Crippen molar-refractivity contribution < 1.29 is 37.4 Å². The van der Waals surface area contributed by atoms with Crippen LogP contribution in [0.15, 0.2) is 11.3 Å². The fourth-order valence-electron chi connectivity index (χ4n) is 2.40. The van der Waals surface area contributed by atoms with Gasteiger partial charge in [-0.15, -0.1) is 0 Å². The Hall–Kier alpha value is -2.18. The van der Waals surface area contributed by atoms with Crippen LogP contribution in [-0.2, 0) is 44.0 Å². The molecule has 0 fully saturated rings. The first kappa shape index (κ1) is 29.1. The zero-order valence-corrected chi connectivity index (χ0v) is 22.4. The molecule has 198 valence electrons. The highest BCUT2D eigenvalue weighted by atomic mass is 35.5. The number of fused-ring (bicyclic) bond motifs is 1. The maximum absolute atomic E-state index is 13.1. The number of carbonyl (C=O) groups excluding carboxylic acids is 2. The number of carbonyl (C=O) groups is 2. The Morgan fingerprint density at radius 1 is 1.11 bits per heavy atom. The highest BCUT2D eigenvalue weighted by Crippen LogP contribution is 2.48. The van der Waals surface area contributed by atoms with Gasteiger partial charge in [-0.1, -0.05) is 11.6 Å². The molecular weight excluding hydrogens is 505 g/mol. The van der Waals surface area contributed by atoms with E-state index in [-0.39, 0.29) is 19.1 Å². The van der Waals surface area contributed by atoms with Gasteiger partial charge in [-0.3, -0.25) is 23.2 Å². The molecule has 13 nitrogen and oxygen atoms in total. The Morgan fingerprint density at radius 2 is 1.66 bits per heavy atom. The van der Waals surface area contributed by atoms with E-state index in [1.54, 1.807) is 46.1 Å². The molecule has 0 amide bonds. The fraction of sp³-hybridized carbons (Fsp3) is 0.700. The molecule has 1 aliphatic heterocycles. The lowest BCUT2D eigenvalue weighted by molar-refractivity contribution is -0.162. The Bertz CT molecular complexity index is 949. The minimum Gasteiger partial charge on any atom is -0.438 e. The number of guanidine groups is 1. The van der Waals surface area contributed by atoms with Gasteiger partial charge in [0.1, 0.15) is 12.0 Å². The summed E-state index contributed by atoms with van der Waals surface area (Å²) in [7, 11) is -3.97. The lowest BCUT2D eigenvalue weighted by atomic mass is 9.98. The molecule has 15 heteroatoms. The molecule has 1 aliphatic rings. The molecule has 2 heterocycles. The molecule has 35 heavy (non-hydrogen) atoms. The SMILES string of the molecule is CC(C)(C)C(=O)OCOP(=O)(COCCn1cnc2c1N=C(N)NC2Cl)OCOC(=O)C(C)(C)C. The van der Waals surface area contributed by atoms with E-state index in [9.17, 15) is 14.2 Å². The second kappa shape index (κ2) is 11.7. The van der Waals surface area contributed by atoms with Crippen molar-refractivity contribution in [2.75, 3.05) is 26.5 Å². The summed E-state index contributed by atoms with van der Waals surface area (Å²) in [5.74, 6) is -0.480. The third-order valence-corrected chi connectivity index (χ3v) is 6.22. The average molecular weight is 538 g/mol. The monoisotopic (exact) mass is 537 g/mol. The number of hydrogen-bond donors (Lipinski definition) is 2. The number of alkyl halides is 1. The summed E-state index contributed by atoms with van der Waals surface area (Å²) in [5.41, 5.74) is 4.06. The van der Waals surface area contributed by atoms with Gasteiger partial charge >= 0.3 is 19.5 Å². The van der Waals surface area contributed by atoms with Crippen LogP contribution in [0.3, 0.4) is 0 Å². The lowest BCUT2D eigenvalue weighted by Crippen LogP contribution is -2.35. The van der Waals surface area contributed by atoms with Crippen molar-refractivity contribution in [1.29, 1.82) is 0 Å². The zero-order chi connectivity index (χ0) is 26.4. The topological polar surface area (TPSA) is 166 Å². The second-order valence-corrected chi connectivity index (χ2v) is 12.1. The van der Waals surface area contributed by atoms with Crippen molar-refractivity contribution in [3.63, 3.8) is 0 Å². The molecule has 3 N–H and O–H groups in total. The molecule has 1 unspecified atom stereocenters. The minimum atomic E-state index is -3.97. The minimum absolute atomic E-state index is 0.0683. The van der Waals surface area contributed by atoms with Gasteiger partial charge in [0.05, 0.1) is 23.8 Å². The van der Waals surface area contributed by atoms with Crippen LogP contribution in [-0.4, -0.2) is 54.0 Å². The van der Waals surface area contributed by atoms with Crippen molar-refractivity contribution in [2.24, 2.45) is 21.6 Å². The first-order valence-corrected chi connectivity index (χ1v) is 12.9. The number of hydrogen-bond acceptors (Lipinski definition) is 12. The molecule has 0 aliphatic carbocycles. The molecule has 0 radical (unpaired) electrons. The summed E-state index contributed by atoms with van der Waals surface area (Å²) >= 11 is 6.15. The van der Waals surface area contributed by atoms with Crippen molar-refractivity contribution in [3.8, 4) is 0 Å². The molecule has 0 spiro atoms. The summed E-state index contributed by atoms with van der Waals surface area (Å²) < 4.78 is 40.7. The van der Waals surface area contributed by atoms with E-state index < -0.39 is 55.8 Å². The van der Waals surface area contributed by atoms with Gasteiger partial charge in [0, 0.05) is 6.54 Å². The Morgan fingerprint density at radius 3 is 2.17 bits per heavy atom. The van der Waals surface area contributed by atoms with E-state index in [4.69, 9.17) is 40.6 Å². The van der Waals surface area contributed by atoms with Gasteiger partial charge in [0.15, 0.2) is 17.3 Å². The number of aromatic nitrogens is 2. The maximum atomic E-state index is 13.1. The molecule has 2 rings (SSSR count). The van der Waals surface area contributed by atoms with E-state index in [0.717, 1.165) is 0 Å². The normalized spacial score (nSPS) is 16.2. The fourth-order valence-corrected chi connectivity index (χ4v) is 3.67. The summed E-state index contributed by atoms with van der Waals surface area (Å²) in [6, 6.07) is 0. The van der Waals surface area contributed by atoms with Crippen molar-refractivity contribution in [2.45, 2.75) is 53.6 Å². The Labute approximate surface area is 209 Å². The number of halogens is 1. The number of ether oxygens (including phenoxy) is 3. The van der Waals surface area contributed by atoms with Crippen LogP contribution in [0.2, 0.25) is 0 Å². The Kier molecular flexibility index (Phi) is 9.71. The quantitative estimate of drug-likeness (QED) is 0.106. The van der Waals surface area contributed by atoms with Gasteiger partial charge in [0.2, 0.25) is 13.6 Å². The third kappa shape index (κ3) is 8.76. The summed E-state index contributed by atoms with van der Waals surface area (Å²) in [5, 5.41) is 2.75. The molecular formula is C20H33ClN5O8P. The first-order valence-electron chi connectivity index (χ1n) is 10.7. The average Bonchev–Trinajstić information content (AvgIpc) is 3.13. The van der Waals surface area contributed by atoms with Crippen LogP contribution in [0.5, 0.6) is 0 Å². The summed E-state index contributed by atoms with van der Waals surface area (Å²) in [4.78, 5) is 32.3. The highest BCUT2D eigenvalue weighted by molar-refractivity contribution is 7.53. The zero-order valence-electron chi connectivity index (χ0n) is 20.7. The molecule has 0 bridgehead atoms. The van der Waals surface area contributed by atoms with Gasteiger partial charge in [-0.25, -0.2) is 4.98 Å². The van der Waals surface area contributed by atoms with Crippen LogP contribution in [0.25, 0.3) is 0 Å². The number of esters is 2. The molecule has 0 saturated carbocycles. The van der Waals surface area contributed by atoms with E-state index >= 15 is 0 Å². The largest absolute Gasteiger partial charge is 0.438 e. The highest BCUT2D eigenvalue weighted by Gasteiger charge is 2.30. The van der Waals surface area contributed by atoms with Gasteiger partial charge < -0.3 is 29.8 Å². The first-order chi connectivity index (χ1) is 16.1. The van der Waals surface area contributed by atoms with Crippen LogP contribution in [0.1, 0.15) is 52.7 Å². The second-order valence-electron chi connectivity index (χ2n) is 9.66. The van der Waals surface area contributed by atoms with Crippen LogP contribution in [0, 0.1) is 10.8 Å². The standard InChI is InChI=1S/C20H33ClN5O8P/c1-19(2,3)16(27)31-10-33-35(29,34-11-32-17(28)20(4,5)6)12-30-8-7-26-9-23-13-14(21)24-18(22)25-15(13)26/h9,14H,7-8,10-12H2,1-6H3,(H3,22,24,25). The predicted molar refractivity (Wildman–Crippen MR) is 127 cm³/mol. The van der Waals surface area contributed by atoms with E-state index in [2.05, 4.69) is 15.3 Å². The van der Waals surface area contributed by atoms with E-state index in [1.165, 1.54) is 6.33 Å². The third-order valence-electron chi connectivity index (χ3n) is 4.41. The summed E-state index contributed by atoms with van der Waals surface area (Å²) in [6.45, 7) is 9.06. The summed E-state index contributed by atoms with van der Waals surface area (Å²) in [6.07, 6.45) is 1.03. The van der Waals surface area contributed by atoms with Crippen LogP contribution >= 0.6 is 19.2 Å². The number of imidazole rings is 1. The van der Waals surface area contributed by atoms with Crippen molar-refractivity contribution in [1.82, 2.24) is 14.9 Å². The maximum Gasteiger partial charge on any atom is 0.361 e. The number of nitrogens with two attached hydrogens (primary N) is 1. The number of nitrogens with one attached hydrogen (secondary N) is 1. The smallest absolute Gasteiger partial charge is 0.361 e. The predicted octanol–water partition coefficient (Wildman–Crippen LogP) is 2.96. The molecule has 0 saturated heterocycles. The number of aliphatic imine (C=N–C) groups is 1.